The van der Waals surface area contributed by atoms with Crippen LogP contribution in [0.3, 0.4) is 0 Å². The summed E-state index contributed by atoms with van der Waals surface area (Å²) < 4.78 is 28.0. The summed E-state index contributed by atoms with van der Waals surface area (Å²) in [6.07, 6.45) is 1.95. The van der Waals surface area contributed by atoms with Gasteiger partial charge in [0.25, 0.3) is 10.0 Å². The summed E-state index contributed by atoms with van der Waals surface area (Å²) in [4.78, 5) is 0.297. The first-order valence-electron chi connectivity index (χ1n) is 7.82. The second-order valence-electron chi connectivity index (χ2n) is 5.93. The van der Waals surface area contributed by atoms with Gasteiger partial charge < -0.3 is 0 Å². The molecule has 0 bridgehead atoms. The Kier molecular flexibility index (Phi) is 3.85. The van der Waals surface area contributed by atoms with E-state index in [0.29, 0.717) is 10.6 Å². The summed E-state index contributed by atoms with van der Waals surface area (Å²) in [5.41, 5.74) is 4.27. The van der Waals surface area contributed by atoms with E-state index < -0.39 is 10.0 Å². The molecule has 5 nitrogen and oxygen atoms in total. The summed E-state index contributed by atoms with van der Waals surface area (Å²) in [6, 6.07) is 14.5. The lowest BCUT2D eigenvalue weighted by molar-refractivity contribution is 0.590. The number of benzene rings is 2. The predicted octanol–water partition coefficient (Wildman–Crippen LogP) is 3.82. The monoisotopic (exact) mass is 371 g/mol. The minimum Gasteiger partial charge on any atom is -0.271 e. The van der Waals surface area contributed by atoms with Crippen LogP contribution in [0.15, 0.2) is 58.5 Å². The van der Waals surface area contributed by atoms with Crippen molar-refractivity contribution in [2.75, 3.05) is 10.6 Å². The van der Waals surface area contributed by atoms with Crippen molar-refractivity contribution < 1.29 is 8.42 Å². The van der Waals surface area contributed by atoms with E-state index in [4.69, 9.17) is 0 Å². The number of hydrogen-bond donors (Lipinski definition) is 1. The SMILES string of the molecule is CSc1[nH]nc2c1CN(S(=O)(=O)c1ccc(C)cc1)c1ccccc1-2. The fraction of sp³-hybridized carbons (Fsp3) is 0.167. The number of rotatable bonds is 3. The van der Waals surface area contributed by atoms with Crippen molar-refractivity contribution in [3.8, 4) is 11.3 Å². The molecule has 1 aliphatic rings. The molecule has 4 rings (SSSR count). The zero-order valence-electron chi connectivity index (χ0n) is 13.9. The van der Waals surface area contributed by atoms with E-state index in [1.54, 1.807) is 12.1 Å². The van der Waals surface area contributed by atoms with Gasteiger partial charge in [-0.3, -0.25) is 9.40 Å². The third-order valence-corrected chi connectivity index (χ3v) is 6.89. The molecule has 128 valence electrons. The zero-order chi connectivity index (χ0) is 17.6. The van der Waals surface area contributed by atoms with E-state index >= 15 is 0 Å². The highest BCUT2D eigenvalue weighted by Gasteiger charge is 2.34. The molecular formula is C18H17N3O2S2. The molecule has 0 atom stereocenters. The highest BCUT2D eigenvalue weighted by atomic mass is 32.2. The van der Waals surface area contributed by atoms with Gasteiger partial charge >= 0.3 is 0 Å². The molecule has 0 unspecified atom stereocenters. The first-order chi connectivity index (χ1) is 12.0. The fourth-order valence-corrected chi connectivity index (χ4v) is 5.06. The smallest absolute Gasteiger partial charge is 0.264 e. The Morgan fingerprint density at radius 1 is 1.12 bits per heavy atom. The summed E-state index contributed by atoms with van der Waals surface area (Å²) >= 11 is 1.54. The van der Waals surface area contributed by atoms with Crippen LogP contribution in [-0.2, 0) is 16.6 Å². The molecule has 0 amide bonds. The molecule has 0 saturated carbocycles. The van der Waals surface area contributed by atoms with Crippen LogP contribution in [0.4, 0.5) is 5.69 Å². The normalized spacial score (nSPS) is 13.4. The molecule has 0 saturated heterocycles. The Hall–Kier alpha value is -2.25. The summed E-state index contributed by atoms with van der Waals surface area (Å²) in [7, 11) is -3.66. The number of nitrogens with one attached hydrogen (secondary N) is 1. The van der Waals surface area contributed by atoms with Gasteiger partial charge in [0.05, 0.1) is 22.2 Å². The van der Waals surface area contributed by atoms with Crippen molar-refractivity contribution in [1.82, 2.24) is 10.2 Å². The van der Waals surface area contributed by atoms with Crippen LogP contribution in [0.25, 0.3) is 11.3 Å². The Morgan fingerprint density at radius 2 is 1.84 bits per heavy atom. The van der Waals surface area contributed by atoms with Gasteiger partial charge in [-0.05, 0) is 31.4 Å². The third-order valence-electron chi connectivity index (χ3n) is 4.37. The first-order valence-corrected chi connectivity index (χ1v) is 10.5. The molecule has 0 spiro atoms. The molecule has 25 heavy (non-hydrogen) atoms. The summed E-state index contributed by atoms with van der Waals surface area (Å²) in [5, 5.41) is 8.32. The molecule has 1 aliphatic heterocycles. The second kappa shape index (κ2) is 5.93. The van der Waals surface area contributed by atoms with Gasteiger partial charge in [-0.1, -0.05) is 35.9 Å². The maximum Gasteiger partial charge on any atom is 0.264 e. The van der Waals surface area contributed by atoms with Gasteiger partial charge in [0.2, 0.25) is 0 Å². The Bertz CT molecular complexity index is 1040. The average Bonchev–Trinajstić information content (AvgIpc) is 3.04. The minimum absolute atomic E-state index is 0.273. The van der Waals surface area contributed by atoms with Gasteiger partial charge in [0.1, 0.15) is 5.69 Å². The molecule has 0 radical (unpaired) electrons. The number of aromatic amines is 1. The minimum atomic E-state index is -3.66. The van der Waals surface area contributed by atoms with Gasteiger partial charge in [0.15, 0.2) is 0 Å². The van der Waals surface area contributed by atoms with E-state index in [1.807, 2.05) is 49.6 Å². The van der Waals surface area contributed by atoms with Gasteiger partial charge in [-0.25, -0.2) is 8.42 Å². The van der Waals surface area contributed by atoms with Crippen LogP contribution >= 0.6 is 11.8 Å². The largest absolute Gasteiger partial charge is 0.271 e. The van der Waals surface area contributed by atoms with Crippen LogP contribution < -0.4 is 4.31 Å². The number of sulfonamides is 1. The molecule has 1 N–H and O–H groups in total. The highest BCUT2D eigenvalue weighted by Crippen LogP contribution is 2.42. The topological polar surface area (TPSA) is 66.1 Å². The van der Waals surface area contributed by atoms with E-state index in [9.17, 15) is 8.42 Å². The molecule has 2 heterocycles. The number of nitrogens with zero attached hydrogens (tertiary/aromatic N) is 2. The second-order valence-corrected chi connectivity index (χ2v) is 8.60. The third kappa shape index (κ3) is 2.54. The number of thioether (sulfide) groups is 1. The number of para-hydroxylation sites is 1. The van der Waals surface area contributed by atoms with Crippen molar-refractivity contribution in [3.05, 3.63) is 59.7 Å². The quantitative estimate of drug-likeness (QED) is 0.711. The number of hydrogen-bond acceptors (Lipinski definition) is 4. The standard InChI is InChI=1S/C18H17N3O2S2/c1-12-7-9-13(10-8-12)25(22,23)21-11-15-17(19-20-18(15)24-2)14-5-3-4-6-16(14)21/h3-10H,11H2,1-2H3,(H,19,20). The van der Waals surface area contributed by atoms with Gasteiger partial charge in [-0.15, -0.1) is 11.8 Å². The Morgan fingerprint density at radius 3 is 2.56 bits per heavy atom. The summed E-state index contributed by atoms with van der Waals surface area (Å²) in [5.74, 6) is 0. The van der Waals surface area contributed by atoms with Crippen molar-refractivity contribution in [2.45, 2.75) is 23.4 Å². The number of H-pyrrole nitrogens is 1. The molecule has 0 fully saturated rings. The van der Waals surface area contributed by atoms with Crippen LogP contribution in [0.2, 0.25) is 0 Å². The van der Waals surface area contributed by atoms with E-state index in [-0.39, 0.29) is 6.54 Å². The Balaban J connectivity index is 1.90. The maximum absolute atomic E-state index is 13.3. The molecule has 1 aromatic heterocycles. The molecule has 0 aliphatic carbocycles. The van der Waals surface area contributed by atoms with Crippen LogP contribution in [0.5, 0.6) is 0 Å². The van der Waals surface area contributed by atoms with Crippen molar-refractivity contribution >= 4 is 27.5 Å². The molecule has 2 aromatic carbocycles. The van der Waals surface area contributed by atoms with Crippen LogP contribution in [0.1, 0.15) is 11.1 Å². The van der Waals surface area contributed by atoms with E-state index in [2.05, 4.69) is 10.2 Å². The lowest BCUT2D eigenvalue weighted by Crippen LogP contribution is -2.33. The molecular weight excluding hydrogens is 354 g/mol. The molecule has 3 aromatic rings. The predicted molar refractivity (Wildman–Crippen MR) is 100 cm³/mol. The van der Waals surface area contributed by atoms with Crippen LogP contribution in [0, 0.1) is 6.92 Å². The van der Waals surface area contributed by atoms with Crippen molar-refractivity contribution in [2.24, 2.45) is 0 Å². The van der Waals surface area contributed by atoms with Crippen molar-refractivity contribution in [1.29, 1.82) is 0 Å². The van der Waals surface area contributed by atoms with Gasteiger partial charge in [0, 0.05) is 11.1 Å². The van der Waals surface area contributed by atoms with Crippen molar-refractivity contribution in [3.63, 3.8) is 0 Å². The number of aryl methyl sites for hydroxylation is 1. The molecule has 7 heteroatoms. The average molecular weight is 371 g/mol. The van der Waals surface area contributed by atoms with E-state index in [1.165, 1.54) is 16.1 Å². The van der Waals surface area contributed by atoms with Crippen LogP contribution in [-0.4, -0.2) is 24.9 Å². The maximum atomic E-state index is 13.3. The Labute approximate surface area is 151 Å². The number of fused-ring (bicyclic) bond motifs is 3. The number of aromatic nitrogens is 2. The highest BCUT2D eigenvalue weighted by molar-refractivity contribution is 7.98. The van der Waals surface area contributed by atoms with Gasteiger partial charge in [-0.2, -0.15) is 5.10 Å². The lowest BCUT2D eigenvalue weighted by Gasteiger charge is -2.30. The van der Waals surface area contributed by atoms with E-state index in [0.717, 1.165) is 27.4 Å². The zero-order valence-corrected chi connectivity index (χ0v) is 15.5. The number of anilines is 1. The lowest BCUT2D eigenvalue weighted by atomic mass is 10.0. The first kappa shape index (κ1) is 16.2. The fourth-order valence-electron chi connectivity index (χ4n) is 3.06. The summed E-state index contributed by atoms with van der Waals surface area (Å²) in [6.45, 7) is 2.21.